The smallest absolute Gasteiger partial charge is 0.379 e. The first kappa shape index (κ1) is 16.2. The summed E-state index contributed by atoms with van der Waals surface area (Å²) < 4.78 is 30.2. The lowest BCUT2D eigenvalue weighted by Gasteiger charge is -2.29. The van der Waals surface area contributed by atoms with Gasteiger partial charge in [0.1, 0.15) is 0 Å². The van der Waals surface area contributed by atoms with Crippen LogP contribution in [0.15, 0.2) is 52.3 Å². The van der Waals surface area contributed by atoms with Gasteiger partial charge in [-0.1, -0.05) is 12.1 Å². The number of sulfone groups is 1. The van der Waals surface area contributed by atoms with Crippen molar-refractivity contribution in [2.45, 2.75) is 16.7 Å². The van der Waals surface area contributed by atoms with Crippen molar-refractivity contribution >= 4 is 33.0 Å². The van der Waals surface area contributed by atoms with Gasteiger partial charge in [-0.25, -0.2) is 13.2 Å². The Morgan fingerprint density at radius 2 is 1.71 bits per heavy atom. The summed E-state index contributed by atoms with van der Waals surface area (Å²) in [6, 6.07) is 10.7. The largest absolute Gasteiger partial charge is 0.460 e. The fourth-order valence-corrected chi connectivity index (χ4v) is 4.37. The Labute approximate surface area is 139 Å². The van der Waals surface area contributed by atoms with E-state index in [2.05, 4.69) is 0 Å². The number of nitrogens with zero attached hydrogens (tertiary/aromatic N) is 1. The summed E-state index contributed by atoms with van der Waals surface area (Å²) in [5.74, 6) is -1.76. The fourth-order valence-electron chi connectivity index (χ4n) is 2.67. The summed E-state index contributed by atoms with van der Waals surface area (Å²) in [6.45, 7) is 1.70. The molecule has 0 atom stereocenters. The van der Waals surface area contributed by atoms with Gasteiger partial charge in [-0.15, -0.1) is 0 Å². The molecule has 0 N–H and O–H groups in total. The number of hydrogen-bond acceptors (Lipinski definition) is 6. The Morgan fingerprint density at radius 3 is 2.42 bits per heavy atom. The van der Waals surface area contributed by atoms with Crippen molar-refractivity contribution in [3.05, 3.63) is 48.0 Å². The predicted molar refractivity (Wildman–Crippen MR) is 87.4 cm³/mol. The first-order valence-corrected chi connectivity index (χ1v) is 8.79. The molecule has 3 rings (SSSR count). The average Bonchev–Trinajstić information content (AvgIpc) is 2.59. The number of Topliss-reactive ketones (excluding diaryl/α,β-unsaturated/α-hetero) is 1. The zero-order valence-corrected chi connectivity index (χ0v) is 14.0. The minimum atomic E-state index is -3.68. The highest BCUT2D eigenvalue weighted by Gasteiger charge is 2.33. The van der Waals surface area contributed by atoms with Crippen LogP contribution in [-0.4, -0.2) is 33.8 Å². The molecule has 6 nitrogen and oxygen atoms in total. The van der Waals surface area contributed by atoms with E-state index in [9.17, 15) is 18.0 Å². The van der Waals surface area contributed by atoms with Crippen molar-refractivity contribution < 1.29 is 22.7 Å². The number of esters is 1. The molecule has 7 heteroatoms. The number of fused-ring (bicyclic) bond motifs is 2. The van der Waals surface area contributed by atoms with Crippen LogP contribution in [0.25, 0.3) is 0 Å². The average molecular weight is 345 g/mol. The molecular formula is C17H15NO5S. The summed E-state index contributed by atoms with van der Waals surface area (Å²) >= 11 is 0. The van der Waals surface area contributed by atoms with E-state index in [0.29, 0.717) is 11.4 Å². The van der Waals surface area contributed by atoms with Gasteiger partial charge in [-0.3, -0.25) is 4.79 Å². The maximum Gasteiger partial charge on any atom is 0.379 e. The van der Waals surface area contributed by atoms with Gasteiger partial charge in [0.15, 0.2) is 0 Å². The van der Waals surface area contributed by atoms with Gasteiger partial charge in [-0.05, 0) is 37.3 Å². The van der Waals surface area contributed by atoms with Crippen molar-refractivity contribution in [1.82, 2.24) is 0 Å². The van der Waals surface area contributed by atoms with Crippen LogP contribution >= 0.6 is 0 Å². The van der Waals surface area contributed by atoms with E-state index in [0.717, 1.165) is 0 Å². The molecule has 1 aliphatic rings. The Bertz CT molecular complexity index is 949. The van der Waals surface area contributed by atoms with E-state index in [-0.39, 0.29) is 22.0 Å². The number of hydrogen-bond donors (Lipinski definition) is 0. The number of ketones is 1. The van der Waals surface area contributed by atoms with Gasteiger partial charge in [0.25, 0.3) is 5.78 Å². The summed E-state index contributed by atoms with van der Waals surface area (Å²) in [5, 5.41) is 0. The molecule has 0 amide bonds. The van der Waals surface area contributed by atoms with E-state index in [1.54, 1.807) is 43.1 Å². The molecule has 1 aliphatic heterocycles. The molecule has 0 spiro atoms. The number of rotatable bonds is 3. The quantitative estimate of drug-likeness (QED) is 0.482. The first-order valence-electron chi connectivity index (χ1n) is 7.31. The molecule has 1 heterocycles. The molecule has 2 aromatic carbocycles. The van der Waals surface area contributed by atoms with Crippen molar-refractivity contribution in [3.8, 4) is 0 Å². The highest BCUT2D eigenvalue weighted by atomic mass is 32.2. The van der Waals surface area contributed by atoms with Crippen molar-refractivity contribution in [2.75, 3.05) is 18.6 Å². The van der Waals surface area contributed by atoms with Crippen LogP contribution in [0.1, 0.15) is 17.3 Å². The maximum absolute atomic E-state index is 12.8. The number of para-hydroxylation sites is 1. The topological polar surface area (TPSA) is 80.8 Å². The van der Waals surface area contributed by atoms with E-state index in [4.69, 9.17) is 4.74 Å². The Hall–Kier alpha value is -2.67. The van der Waals surface area contributed by atoms with Crippen LogP contribution in [0, 0.1) is 0 Å². The third kappa shape index (κ3) is 2.37. The van der Waals surface area contributed by atoms with Gasteiger partial charge in [0, 0.05) is 12.6 Å². The van der Waals surface area contributed by atoms with Crippen LogP contribution < -0.4 is 4.90 Å². The molecule has 0 saturated carbocycles. The van der Waals surface area contributed by atoms with Gasteiger partial charge < -0.3 is 9.64 Å². The molecule has 0 radical (unpaired) electrons. The lowest BCUT2D eigenvalue weighted by molar-refractivity contribution is -0.137. The molecule has 24 heavy (non-hydrogen) atoms. The van der Waals surface area contributed by atoms with Crippen LogP contribution in [0.4, 0.5) is 11.4 Å². The highest BCUT2D eigenvalue weighted by Crippen LogP contribution is 2.43. The Kier molecular flexibility index (Phi) is 3.88. The van der Waals surface area contributed by atoms with Gasteiger partial charge in [0.2, 0.25) is 9.84 Å². The molecule has 0 unspecified atom stereocenters. The van der Waals surface area contributed by atoms with Crippen LogP contribution in [0.5, 0.6) is 0 Å². The second-order valence-corrected chi connectivity index (χ2v) is 7.15. The van der Waals surface area contributed by atoms with Gasteiger partial charge in [0.05, 0.1) is 27.8 Å². The number of carbonyl (C=O) groups is 2. The maximum atomic E-state index is 12.8. The second kappa shape index (κ2) is 5.76. The van der Waals surface area contributed by atoms with Crippen molar-refractivity contribution in [2.24, 2.45) is 0 Å². The molecular weight excluding hydrogens is 330 g/mol. The molecule has 0 bridgehead atoms. The van der Waals surface area contributed by atoms with Crippen LogP contribution in [0.3, 0.4) is 0 Å². The zero-order chi connectivity index (χ0) is 17.5. The highest BCUT2D eigenvalue weighted by molar-refractivity contribution is 7.92. The molecule has 0 aliphatic carbocycles. The third-order valence-electron chi connectivity index (χ3n) is 3.85. The fraction of sp³-hybridized carbons (Fsp3) is 0.176. The number of carbonyl (C=O) groups excluding carboxylic acids is 2. The molecule has 0 aromatic heterocycles. The number of benzene rings is 2. The Morgan fingerprint density at radius 1 is 1.04 bits per heavy atom. The van der Waals surface area contributed by atoms with Gasteiger partial charge in [-0.2, -0.15) is 0 Å². The van der Waals surface area contributed by atoms with Crippen molar-refractivity contribution in [3.63, 3.8) is 0 Å². The number of ether oxygens (including phenoxy) is 1. The summed E-state index contributed by atoms with van der Waals surface area (Å²) in [4.78, 5) is 25.7. The minimum absolute atomic E-state index is 0.0913. The molecule has 0 fully saturated rings. The van der Waals surface area contributed by atoms with E-state index < -0.39 is 21.6 Å². The predicted octanol–water partition coefficient (Wildman–Crippen LogP) is 2.35. The third-order valence-corrected chi connectivity index (χ3v) is 5.70. The van der Waals surface area contributed by atoms with E-state index >= 15 is 0 Å². The van der Waals surface area contributed by atoms with Gasteiger partial charge >= 0.3 is 5.97 Å². The first-order chi connectivity index (χ1) is 11.4. The SMILES string of the molecule is CCOC(=O)C(=O)c1ccc2c(c1)N(C)c1ccccc1S2(=O)=O. The van der Waals surface area contributed by atoms with Crippen molar-refractivity contribution in [1.29, 1.82) is 0 Å². The molecule has 0 saturated heterocycles. The lowest BCUT2D eigenvalue weighted by atomic mass is 10.1. The minimum Gasteiger partial charge on any atom is -0.460 e. The van der Waals surface area contributed by atoms with Crippen LogP contribution in [0.2, 0.25) is 0 Å². The molecule has 2 aromatic rings. The normalized spacial score (nSPS) is 14.5. The summed E-state index contributed by atoms with van der Waals surface area (Å²) in [7, 11) is -1.96. The zero-order valence-electron chi connectivity index (χ0n) is 13.1. The summed E-state index contributed by atoms with van der Waals surface area (Å²) in [5.41, 5.74) is 0.961. The second-order valence-electron chi connectivity index (χ2n) is 5.26. The van der Waals surface area contributed by atoms with E-state index in [1.807, 2.05) is 0 Å². The standard InChI is InChI=1S/C17H15NO5S/c1-3-23-17(20)16(19)11-8-9-15-13(10-11)18(2)12-6-4-5-7-14(12)24(15,21)22/h4-10H,3H2,1-2H3. The lowest BCUT2D eigenvalue weighted by Crippen LogP contribution is -2.23. The van der Waals surface area contributed by atoms with Crippen LogP contribution in [-0.2, 0) is 19.4 Å². The Balaban J connectivity index is 2.14. The summed E-state index contributed by atoms with van der Waals surface area (Å²) in [6.07, 6.45) is 0. The molecule has 124 valence electrons. The number of anilines is 2. The monoisotopic (exact) mass is 345 g/mol. The van der Waals surface area contributed by atoms with E-state index in [1.165, 1.54) is 18.2 Å².